The van der Waals surface area contributed by atoms with Crippen molar-refractivity contribution in [1.82, 2.24) is 0 Å². The lowest BCUT2D eigenvalue weighted by Gasteiger charge is -2.15. The van der Waals surface area contributed by atoms with E-state index in [1.54, 1.807) is 51.3 Å². The number of nitrogens with one attached hydrogen (secondary N) is 1. The van der Waals surface area contributed by atoms with Crippen LogP contribution in [0.2, 0.25) is 0 Å². The van der Waals surface area contributed by atoms with Gasteiger partial charge in [0.2, 0.25) is 0 Å². The van der Waals surface area contributed by atoms with Crippen LogP contribution in [-0.2, 0) is 10.0 Å². The van der Waals surface area contributed by atoms with Crippen LogP contribution < -0.4 is 9.46 Å². The van der Waals surface area contributed by atoms with E-state index in [-0.39, 0.29) is 4.90 Å². The minimum absolute atomic E-state index is 0.277. The van der Waals surface area contributed by atoms with Crippen molar-refractivity contribution in [3.05, 3.63) is 52.0 Å². The maximum Gasteiger partial charge on any atom is 0.262 e. The molecule has 0 aliphatic rings. The normalized spacial score (nSPS) is 11.2. The summed E-state index contributed by atoms with van der Waals surface area (Å²) >= 11 is 3.33. The maximum atomic E-state index is 12.6. The van der Waals surface area contributed by atoms with E-state index in [2.05, 4.69) is 20.7 Å². The molecule has 21 heavy (non-hydrogen) atoms. The van der Waals surface area contributed by atoms with Crippen molar-refractivity contribution in [2.75, 3.05) is 11.8 Å². The first-order chi connectivity index (χ1) is 9.85. The number of hydrogen-bond donors (Lipinski definition) is 1. The predicted molar refractivity (Wildman–Crippen MR) is 87.4 cm³/mol. The smallest absolute Gasteiger partial charge is 0.262 e. The molecule has 1 N–H and O–H groups in total. The molecular weight excluding hydrogens is 354 g/mol. The van der Waals surface area contributed by atoms with Crippen molar-refractivity contribution in [1.29, 1.82) is 0 Å². The van der Waals surface area contributed by atoms with Gasteiger partial charge in [-0.1, -0.05) is 12.1 Å². The molecule has 0 bridgehead atoms. The summed E-state index contributed by atoms with van der Waals surface area (Å²) in [5.41, 5.74) is 1.80. The van der Waals surface area contributed by atoms with Crippen LogP contribution in [0.3, 0.4) is 0 Å². The van der Waals surface area contributed by atoms with Gasteiger partial charge in [-0.2, -0.15) is 0 Å². The number of rotatable bonds is 4. The van der Waals surface area contributed by atoms with E-state index < -0.39 is 10.0 Å². The molecule has 2 aromatic rings. The van der Waals surface area contributed by atoms with Crippen LogP contribution in [0.5, 0.6) is 5.75 Å². The average Bonchev–Trinajstić information content (AvgIpc) is 2.40. The van der Waals surface area contributed by atoms with Crippen LogP contribution in [0, 0.1) is 13.8 Å². The van der Waals surface area contributed by atoms with Gasteiger partial charge in [-0.25, -0.2) is 8.42 Å². The zero-order chi connectivity index (χ0) is 15.6. The van der Waals surface area contributed by atoms with Crippen LogP contribution in [0.25, 0.3) is 0 Å². The number of aryl methyl sites for hydroxylation is 2. The van der Waals surface area contributed by atoms with Crippen molar-refractivity contribution < 1.29 is 13.2 Å². The predicted octanol–water partition coefficient (Wildman–Crippen LogP) is 3.88. The molecule has 0 aliphatic heterocycles. The number of sulfonamides is 1. The number of anilines is 1. The first-order valence-corrected chi connectivity index (χ1v) is 8.55. The van der Waals surface area contributed by atoms with Gasteiger partial charge in [0.1, 0.15) is 5.75 Å². The van der Waals surface area contributed by atoms with Gasteiger partial charge in [-0.15, -0.1) is 0 Å². The highest BCUT2D eigenvalue weighted by Crippen LogP contribution is 2.29. The molecule has 0 spiro atoms. The Kier molecular flexibility index (Phi) is 4.58. The maximum absolute atomic E-state index is 12.6. The van der Waals surface area contributed by atoms with E-state index in [0.29, 0.717) is 27.0 Å². The van der Waals surface area contributed by atoms with Crippen molar-refractivity contribution in [3.8, 4) is 5.75 Å². The summed E-state index contributed by atoms with van der Waals surface area (Å²) in [4.78, 5) is 0.277. The molecule has 0 fully saturated rings. The molecule has 0 saturated heterocycles. The van der Waals surface area contributed by atoms with Crippen molar-refractivity contribution in [2.24, 2.45) is 0 Å². The quantitative estimate of drug-likeness (QED) is 0.889. The number of ether oxygens (including phenoxy) is 1. The van der Waals surface area contributed by atoms with Crippen LogP contribution in [-0.4, -0.2) is 15.5 Å². The van der Waals surface area contributed by atoms with Crippen molar-refractivity contribution in [3.63, 3.8) is 0 Å². The number of halogens is 1. The van der Waals surface area contributed by atoms with E-state index in [9.17, 15) is 8.42 Å². The highest BCUT2D eigenvalue weighted by molar-refractivity contribution is 9.10. The monoisotopic (exact) mass is 369 g/mol. The van der Waals surface area contributed by atoms with E-state index in [0.717, 1.165) is 0 Å². The van der Waals surface area contributed by atoms with Crippen LogP contribution in [0.4, 0.5) is 5.69 Å². The second kappa shape index (κ2) is 6.07. The first-order valence-electron chi connectivity index (χ1n) is 6.27. The number of methoxy groups -OCH3 is 1. The van der Waals surface area contributed by atoms with Gasteiger partial charge in [0.25, 0.3) is 10.0 Å². The fraction of sp³-hybridized carbons (Fsp3) is 0.200. The molecule has 0 heterocycles. The molecule has 0 aromatic heterocycles. The molecule has 0 atom stereocenters. The van der Waals surface area contributed by atoms with Gasteiger partial charge >= 0.3 is 0 Å². The minimum atomic E-state index is -3.66. The summed E-state index contributed by atoms with van der Waals surface area (Å²) in [6.07, 6.45) is 0. The van der Waals surface area contributed by atoms with Crippen LogP contribution >= 0.6 is 15.9 Å². The third-order valence-corrected chi connectivity index (χ3v) is 5.42. The Morgan fingerprint density at radius 3 is 2.19 bits per heavy atom. The molecule has 0 amide bonds. The molecule has 0 aliphatic carbocycles. The lowest BCUT2D eigenvalue weighted by atomic mass is 10.1. The highest BCUT2D eigenvalue weighted by atomic mass is 79.9. The summed E-state index contributed by atoms with van der Waals surface area (Å²) in [7, 11) is -2.10. The molecule has 0 radical (unpaired) electrons. The van der Waals surface area contributed by atoms with Crippen LogP contribution in [0.15, 0.2) is 45.8 Å². The van der Waals surface area contributed by atoms with E-state index >= 15 is 0 Å². The lowest BCUT2D eigenvalue weighted by Crippen LogP contribution is -2.16. The fourth-order valence-corrected chi connectivity index (χ4v) is 4.24. The standard InChI is InChI=1S/C15H16BrNO3S/c1-10-8-12(20-3)9-11(2)15(10)21(18,19)17-14-7-5-4-6-13(14)16/h4-9,17H,1-3H3. The van der Waals surface area contributed by atoms with Gasteiger partial charge in [0.05, 0.1) is 17.7 Å². The van der Waals surface area contributed by atoms with E-state index in [1.165, 1.54) is 0 Å². The Bertz CT molecular complexity index is 749. The molecule has 2 rings (SSSR count). The third kappa shape index (κ3) is 3.39. The third-order valence-electron chi connectivity index (χ3n) is 3.06. The van der Waals surface area contributed by atoms with Crippen molar-refractivity contribution in [2.45, 2.75) is 18.7 Å². The molecular formula is C15H16BrNO3S. The number of benzene rings is 2. The topological polar surface area (TPSA) is 55.4 Å². The lowest BCUT2D eigenvalue weighted by molar-refractivity contribution is 0.413. The van der Waals surface area contributed by atoms with Crippen molar-refractivity contribution >= 4 is 31.6 Å². The molecule has 0 unspecified atom stereocenters. The summed E-state index contributed by atoms with van der Waals surface area (Å²) < 4.78 is 33.7. The number of para-hydroxylation sites is 1. The molecule has 0 saturated carbocycles. The van der Waals surface area contributed by atoms with E-state index in [4.69, 9.17) is 4.74 Å². The van der Waals surface area contributed by atoms with Gasteiger partial charge in [-0.05, 0) is 65.2 Å². The Morgan fingerprint density at radius 2 is 1.67 bits per heavy atom. The summed E-state index contributed by atoms with van der Waals surface area (Å²) in [6, 6.07) is 10.5. The Balaban J connectivity index is 2.48. The Hall–Kier alpha value is -1.53. The zero-order valence-corrected chi connectivity index (χ0v) is 14.4. The van der Waals surface area contributed by atoms with E-state index in [1.807, 2.05) is 6.07 Å². The van der Waals surface area contributed by atoms with Gasteiger partial charge in [-0.3, -0.25) is 4.72 Å². The summed E-state index contributed by atoms with van der Waals surface area (Å²) in [5, 5.41) is 0. The Labute approximate surface area is 133 Å². The van der Waals surface area contributed by atoms with Gasteiger partial charge < -0.3 is 4.74 Å². The zero-order valence-electron chi connectivity index (χ0n) is 12.0. The molecule has 6 heteroatoms. The minimum Gasteiger partial charge on any atom is -0.497 e. The highest BCUT2D eigenvalue weighted by Gasteiger charge is 2.21. The number of hydrogen-bond acceptors (Lipinski definition) is 3. The summed E-state index contributed by atoms with van der Waals surface area (Å²) in [5.74, 6) is 0.643. The average molecular weight is 370 g/mol. The molecule has 4 nitrogen and oxygen atoms in total. The Morgan fingerprint density at radius 1 is 1.10 bits per heavy atom. The molecule has 2 aromatic carbocycles. The first kappa shape index (κ1) is 15.9. The van der Waals surface area contributed by atoms with Gasteiger partial charge in [0.15, 0.2) is 0 Å². The molecule has 112 valence electrons. The van der Waals surface area contributed by atoms with Crippen LogP contribution in [0.1, 0.15) is 11.1 Å². The second-order valence-corrected chi connectivity index (χ2v) is 7.15. The SMILES string of the molecule is COc1cc(C)c(S(=O)(=O)Nc2ccccc2Br)c(C)c1. The summed E-state index contributed by atoms with van der Waals surface area (Å²) in [6.45, 7) is 3.51. The second-order valence-electron chi connectivity index (χ2n) is 4.68. The van der Waals surface area contributed by atoms with Gasteiger partial charge in [0, 0.05) is 4.47 Å². The largest absolute Gasteiger partial charge is 0.497 e. The fourth-order valence-electron chi connectivity index (χ4n) is 2.19.